The molecule has 0 saturated heterocycles. The number of nitrogens with zero attached hydrogens (tertiary/aromatic N) is 1. The largest absolute Gasteiger partial charge is 0.460 e. The number of hydrogen-bond acceptors (Lipinski definition) is 5. The molecule has 0 saturated carbocycles. The summed E-state index contributed by atoms with van der Waals surface area (Å²) in [6, 6.07) is 6.84. The molecule has 0 radical (unpaired) electrons. The van der Waals surface area contributed by atoms with Crippen LogP contribution in [0.3, 0.4) is 0 Å². The number of furan rings is 1. The molecule has 7 heteroatoms. The van der Waals surface area contributed by atoms with E-state index in [4.69, 9.17) is 32.4 Å². The minimum Gasteiger partial charge on any atom is -0.460 e. The zero-order chi connectivity index (χ0) is 16.4. The van der Waals surface area contributed by atoms with Crippen molar-refractivity contribution in [3.8, 4) is 0 Å². The van der Waals surface area contributed by atoms with Crippen LogP contribution in [0.15, 0.2) is 41.1 Å². The second-order valence-corrected chi connectivity index (χ2v) is 5.47. The summed E-state index contributed by atoms with van der Waals surface area (Å²) in [5.74, 6) is -0.466. The van der Waals surface area contributed by atoms with Crippen molar-refractivity contribution in [3.05, 3.63) is 52.5 Å². The molecule has 118 valence electrons. The van der Waals surface area contributed by atoms with Crippen LogP contribution in [0.4, 0.5) is 11.4 Å². The fourth-order valence-electron chi connectivity index (χ4n) is 2.13. The van der Waals surface area contributed by atoms with Crippen molar-refractivity contribution in [3.63, 3.8) is 0 Å². The van der Waals surface area contributed by atoms with Gasteiger partial charge in [-0.05, 0) is 31.2 Å². The Morgan fingerprint density at radius 1 is 1.30 bits per heavy atom. The van der Waals surface area contributed by atoms with E-state index in [0.717, 1.165) is 0 Å². The summed E-state index contributed by atoms with van der Waals surface area (Å²) >= 11 is 11.9. The highest BCUT2D eigenvalue weighted by atomic mass is 35.5. The van der Waals surface area contributed by atoms with E-state index in [1.807, 2.05) is 0 Å². The van der Waals surface area contributed by atoms with Gasteiger partial charge in [0.2, 0.25) is 5.76 Å². The van der Waals surface area contributed by atoms with Gasteiger partial charge < -0.3 is 14.5 Å². The summed E-state index contributed by atoms with van der Waals surface area (Å²) in [6.07, 6.45) is 3.16. The number of ether oxygens (including phenoxy) is 1. The fourth-order valence-corrected chi connectivity index (χ4v) is 2.43. The summed E-state index contributed by atoms with van der Waals surface area (Å²) < 4.78 is 10.6. The standard InChI is InChI=1S/C16H12Cl2N2O3/c1-2-22-16(21)15-14(10-5-6-19-8-13(10)23-15)20-9-3-4-11(17)12(18)7-9/h3-8,20H,2H2,1H3. The Kier molecular flexibility index (Phi) is 4.41. The molecule has 0 fully saturated rings. The van der Waals surface area contributed by atoms with Gasteiger partial charge in [0.05, 0.1) is 22.8 Å². The number of nitrogens with one attached hydrogen (secondary N) is 1. The van der Waals surface area contributed by atoms with Gasteiger partial charge in [0.25, 0.3) is 0 Å². The molecule has 0 aliphatic heterocycles. The highest BCUT2D eigenvalue weighted by Gasteiger charge is 2.22. The highest BCUT2D eigenvalue weighted by Crippen LogP contribution is 2.34. The van der Waals surface area contributed by atoms with Gasteiger partial charge in [-0.15, -0.1) is 0 Å². The summed E-state index contributed by atoms with van der Waals surface area (Å²) in [5, 5.41) is 4.71. The first-order valence-corrected chi connectivity index (χ1v) is 7.61. The fraction of sp³-hybridized carbons (Fsp3) is 0.125. The predicted molar refractivity (Wildman–Crippen MR) is 89.7 cm³/mol. The normalized spacial score (nSPS) is 10.7. The third-order valence-electron chi connectivity index (χ3n) is 3.14. The zero-order valence-corrected chi connectivity index (χ0v) is 13.6. The number of rotatable bonds is 4. The van der Waals surface area contributed by atoms with Crippen LogP contribution in [0.2, 0.25) is 10.0 Å². The maximum Gasteiger partial charge on any atom is 0.376 e. The highest BCUT2D eigenvalue weighted by molar-refractivity contribution is 6.42. The van der Waals surface area contributed by atoms with Crippen molar-refractivity contribution in [2.75, 3.05) is 11.9 Å². The Hall–Kier alpha value is -2.24. The second kappa shape index (κ2) is 6.48. The number of aromatic nitrogens is 1. The van der Waals surface area contributed by atoms with Crippen LogP contribution in [-0.4, -0.2) is 17.6 Å². The third-order valence-corrected chi connectivity index (χ3v) is 3.88. The van der Waals surface area contributed by atoms with Crippen molar-refractivity contribution in [1.82, 2.24) is 4.98 Å². The lowest BCUT2D eigenvalue weighted by Crippen LogP contribution is -2.06. The molecule has 1 aromatic carbocycles. The maximum atomic E-state index is 12.1. The van der Waals surface area contributed by atoms with Crippen molar-refractivity contribution >= 4 is 51.5 Å². The average Bonchev–Trinajstić information content (AvgIpc) is 2.90. The van der Waals surface area contributed by atoms with E-state index >= 15 is 0 Å². The first-order valence-electron chi connectivity index (χ1n) is 6.86. The molecule has 2 aromatic heterocycles. The van der Waals surface area contributed by atoms with Crippen molar-refractivity contribution < 1.29 is 13.9 Å². The molecule has 0 amide bonds. The average molecular weight is 351 g/mol. The predicted octanol–water partition coefficient (Wildman–Crippen LogP) is 5.05. The van der Waals surface area contributed by atoms with Crippen molar-refractivity contribution in [2.24, 2.45) is 0 Å². The van der Waals surface area contributed by atoms with Gasteiger partial charge in [0, 0.05) is 17.3 Å². The Morgan fingerprint density at radius 2 is 2.13 bits per heavy atom. The van der Waals surface area contributed by atoms with Gasteiger partial charge in [-0.3, -0.25) is 4.98 Å². The number of carbonyl (C=O) groups is 1. The topological polar surface area (TPSA) is 64.4 Å². The molecule has 3 aromatic rings. The monoisotopic (exact) mass is 350 g/mol. The first kappa shape index (κ1) is 15.6. The van der Waals surface area contributed by atoms with Gasteiger partial charge in [0.15, 0.2) is 5.58 Å². The molecule has 0 aliphatic carbocycles. The van der Waals surface area contributed by atoms with Gasteiger partial charge in [-0.25, -0.2) is 4.79 Å². The minimum atomic E-state index is -0.550. The third kappa shape index (κ3) is 3.11. The van der Waals surface area contributed by atoms with Gasteiger partial charge in [-0.1, -0.05) is 23.2 Å². The molecule has 23 heavy (non-hydrogen) atoms. The molecule has 0 bridgehead atoms. The number of fused-ring (bicyclic) bond motifs is 1. The minimum absolute atomic E-state index is 0.0842. The zero-order valence-electron chi connectivity index (χ0n) is 12.1. The number of carbonyl (C=O) groups excluding carboxylic acids is 1. The summed E-state index contributed by atoms with van der Waals surface area (Å²) in [4.78, 5) is 16.1. The molecule has 0 spiro atoms. The molecule has 1 N–H and O–H groups in total. The Morgan fingerprint density at radius 3 is 2.87 bits per heavy atom. The lowest BCUT2D eigenvalue weighted by atomic mass is 10.2. The molecule has 3 rings (SSSR count). The lowest BCUT2D eigenvalue weighted by molar-refractivity contribution is 0.0494. The Bertz CT molecular complexity index is 877. The Balaban J connectivity index is 2.08. The van der Waals surface area contributed by atoms with Crippen LogP contribution >= 0.6 is 23.2 Å². The van der Waals surface area contributed by atoms with Crippen LogP contribution in [0.5, 0.6) is 0 Å². The SMILES string of the molecule is CCOC(=O)c1oc2cnccc2c1Nc1ccc(Cl)c(Cl)c1. The van der Waals surface area contributed by atoms with Crippen LogP contribution in [-0.2, 0) is 4.74 Å². The molecular weight excluding hydrogens is 339 g/mol. The number of hydrogen-bond donors (Lipinski definition) is 1. The number of halogens is 2. The molecular formula is C16H12Cl2N2O3. The van der Waals surface area contributed by atoms with Gasteiger partial charge in [0.1, 0.15) is 5.69 Å². The number of anilines is 2. The van der Waals surface area contributed by atoms with Crippen molar-refractivity contribution in [1.29, 1.82) is 0 Å². The molecule has 0 atom stereocenters. The van der Waals surface area contributed by atoms with E-state index in [1.54, 1.807) is 37.4 Å². The van der Waals surface area contributed by atoms with Gasteiger partial charge in [-0.2, -0.15) is 0 Å². The summed E-state index contributed by atoms with van der Waals surface area (Å²) in [5.41, 5.74) is 1.65. The number of benzene rings is 1. The van der Waals surface area contributed by atoms with Crippen LogP contribution in [0.25, 0.3) is 11.0 Å². The van der Waals surface area contributed by atoms with Gasteiger partial charge >= 0.3 is 5.97 Å². The van der Waals surface area contributed by atoms with E-state index in [2.05, 4.69) is 10.3 Å². The van der Waals surface area contributed by atoms with E-state index in [9.17, 15) is 4.79 Å². The quantitative estimate of drug-likeness (QED) is 0.666. The molecule has 5 nitrogen and oxygen atoms in total. The smallest absolute Gasteiger partial charge is 0.376 e. The Labute approximate surface area is 142 Å². The lowest BCUT2D eigenvalue weighted by Gasteiger charge is -2.08. The van der Waals surface area contributed by atoms with Crippen LogP contribution < -0.4 is 5.32 Å². The van der Waals surface area contributed by atoms with Crippen LogP contribution in [0, 0.1) is 0 Å². The number of esters is 1. The molecule has 2 heterocycles. The first-order chi connectivity index (χ1) is 11.1. The van der Waals surface area contributed by atoms with E-state index in [0.29, 0.717) is 32.4 Å². The maximum absolute atomic E-state index is 12.1. The van der Waals surface area contributed by atoms with Crippen molar-refractivity contribution in [2.45, 2.75) is 6.92 Å². The van der Waals surface area contributed by atoms with E-state index in [1.165, 1.54) is 6.20 Å². The van der Waals surface area contributed by atoms with E-state index in [-0.39, 0.29) is 12.4 Å². The molecule has 0 unspecified atom stereocenters. The summed E-state index contributed by atoms with van der Waals surface area (Å²) in [7, 11) is 0. The molecule has 0 aliphatic rings. The number of pyridine rings is 1. The van der Waals surface area contributed by atoms with Crippen LogP contribution in [0.1, 0.15) is 17.5 Å². The van der Waals surface area contributed by atoms with E-state index < -0.39 is 5.97 Å². The summed E-state index contributed by atoms with van der Waals surface area (Å²) in [6.45, 7) is 1.98. The second-order valence-electron chi connectivity index (χ2n) is 4.65.